The van der Waals surface area contributed by atoms with Crippen molar-refractivity contribution in [1.82, 2.24) is 10.0 Å². The largest absolute Gasteiger partial charge is 0.494 e. The number of rotatable bonds is 14. The van der Waals surface area contributed by atoms with Crippen molar-refractivity contribution in [2.75, 3.05) is 13.2 Å². The number of nitrogens with one attached hydrogen (secondary N) is 2. The third-order valence-electron chi connectivity index (χ3n) is 6.88. The van der Waals surface area contributed by atoms with Gasteiger partial charge in [-0.1, -0.05) is 56.9 Å². The van der Waals surface area contributed by atoms with Crippen LogP contribution >= 0.6 is 0 Å². The van der Waals surface area contributed by atoms with Gasteiger partial charge in [0.25, 0.3) is 10.0 Å². The maximum Gasteiger partial charge on any atom is 0.328 e. The highest BCUT2D eigenvalue weighted by molar-refractivity contribution is 7.90. The predicted molar refractivity (Wildman–Crippen MR) is 159 cm³/mol. The third-order valence-corrected chi connectivity index (χ3v) is 8.21. The van der Waals surface area contributed by atoms with Gasteiger partial charge in [-0.3, -0.25) is 0 Å². The number of sulfonamides is 1. The number of para-hydroxylation sites is 1. The monoisotopic (exact) mass is 580 g/mol. The van der Waals surface area contributed by atoms with Crippen LogP contribution in [0.4, 0.5) is 4.79 Å². The fourth-order valence-corrected chi connectivity index (χ4v) is 5.75. The molecule has 9 heteroatoms. The maximum absolute atomic E-state index is 12.7. The highest BCUT2D eigenvalue weighted by atomic mass is 32.2. The predicted octanol–water partition coefficient (Wildman–Crippen LogP) is 6.99. The summed E-state index contributed by atoms with van der Waals surface area (Å²) in [5.41, 5.74) is 1.11. The summed E-state index contributed by atoms with van der Waals surface area (Å²) < 4.78 is 45.4. The minimum absolute atomic E-state index is 0.0136. The molecule has 1 aliphatic rings. The summed E-state index contributed by atoms with van der Waals surface area (Å²) in [6.07, 6.45) is 8.37. The molecular weight excluding hydrogens is 540 g/mol. The van der Waals surface area contributed by atoms with Crippen LogP contribution in [-0.2, 0) is 16.4 Å². The molecule has 1 aliphatic carbocycles. The molecule has 2 amide bonds. The van der Waals surface area contributed by atoms with Gasteiger partial charge in [0.15, 0.2) is 0 Å². The number of benzene rings is 3. The number of aryl methyl sites for hydroxylation is 1. The third kappa shape index (κ3) is 9.70. The summed E-state index contributed by atoms with van der Waals surface area (Å²) >= 11 is 0. The van der Waals surface area contributed by atoms with Gasteiger partial charge in [0.1, 0.15) is 23.0 Å². The van der Waals surface area contributed by atoms with Crippen molar-refractivity contribution < 1.29 is 27.4 Å². The summed E-state index contributed by atoms with van der Waals surface area (Å²) in [6.45, 7) is 3.08. The van der Waals surface area contributed by atoms with E-state index in [0.717, 1.165) is 80.6 Å². The molecule has 0 aliphatic heterocycles. The molecule has 4 rings (SSSR count). The molecular formula is C32H40N2O6S. The Morgan fingerprint density at radius 3 is 2.32 bits per heavy atom. The zero-order chi connectivity index (χ0) is 28.9. The van der Waals surface area contributed by atoms with E-state index in [1.165, 1.54) is 12.1 Å². The maximum atomic E-state index is 12.7. The van der Waals surface area contributed by atoms with Gasteiger partial charge >= 0.3 is 6.03 Å². The van der Waals surface area contributed by atoms with Crippen molar-refractivity contribution >= 4 is 16.1 Å². The van der Waals surface area contributed by atoms with Crippen LogP contribution in [0.5, 0.6) is 23.0 Å². The Labute approximate surface area is 243 Å². The fraction of sp³-hybridized carbons (Fsp3) is 0.406. The summed E-state index contributed by atoms with van der Waals surface area (Å²) in [4.78, 5) is 12.2. The van der Waals surface area contributed by atoms with Gasteiger partial charge in [0.05, 0.1) is 18.1 Å². The first-order valence-corrected chi connectivity index (χ1v) is 16.0. The summed E-state index contributed by atoms with van der Waals surface area (Å²) in [6, 6.07) is 21.1. The Kier molecular flexibility index (Phi) is 11.3. The van der Waals surface area contributed by atoms with E-state index < -0.39 is 16.1 Å². The Balaban J connectivity index is 1.21. The van der Waals surface area contributed by atoms with Gasteiger partial charge in [-0.05, 0) is 80.1 Å². The van der Waals surface area contributed by atoms with Crippen molar-refractivity contribution in [3.63, 3.8) is 0 Å². The van der Waals surface area contributed by atoms with Crippen molar-refractivity contribution in [3.8, 4) is 23.0 Å². The average molecular weight is 581 g/mol. The molecule has 0 radical (unpaired) electrons. The van der Waals surface area contributed by atoms with Gasteiger partial charge in [-0.15, -0.1) is 0 Å². The highest BCUT2D eigenvalue weighted by Gasteiger charge is 2.21. The fourth-order valence-electron chi connectivity index (χ4n) is 4.80. The van der Waals surface area contributed by atoms with Crippen LogP contribution in [0.1, 0.15) is 63.9 Å². The van der Waals surface area contributed by atoms with Crippen LogP contribution in [0.2, 0.25) is 0 Å². The van der Waals surface area contributed by atoms with Crippen LogP contribution in [0.25, 0.3) is 0 Å². The second-order valence-corrected chi connectivity index (χ2v) is 11.9. The molecule has 0 unspecified atom stereocenters. The number of amides is 2. The first kappa shape index (κ1) is 30.2. The molecule has 220 valence electrons. The molecule has 0 atom stereocenters. The standard InChI is InChI=1S/C32H40N2O6S/c1-2-12-25-23-29(40-27-15-7-4-8-16-27)19-20-31(25)39-22-10-9-21-38-28-17-11-18-30(24-28)41(36,37)34-32(35)33-26-13-5-3-6-14-26/h4,7-8,11,15-20,23-24,26H,2-3,5-6,9-10,12-14,21-22H2,1H3,(H2,33,34,35). The van der Waals surface area contributed by atoms with Gasteiger partial charge in [-0.2, -0.15) is 0 Å². The normalized spacial score (nSPS) is 13.8. The molecule has 8 nitrogen and oxygen atoms in total. The zero-order valence-corrected chi connectivity index (χ0v) is 24.5. The van der Waals surface area contributed by atoms with Crippen molar-refractivity contribution in [2.24, 2.45) is 0 Å². The number of hydrogen-bond donors (Lipinski definition) is 2. The number of carbonyl (C=O) groups is 1. The Bertz CT molecular complexity index is 1360. The lowest BCUT2D eigenvalue weighted by atomic mass is 9.96. The summed E-state index contributed by atoms with van der Waals surface area (Å²) in [5, 5.41) is 2.77. The molecule has 1 fully saturated rings. The minimum atomic E-state index is -4.00. The number of unbranched alkanes of at least 4 members (excludes halogenated alkanes) is 1. The SMILES string of the molecule is CCCc1cc(Oc2ccccc2)ccc1OCCCCOc1cccc(S(=O)(=O)NC(=O)NC2CCCCC2)c1. The molecule has 0 heterocycles. The summed E-state index contributed by atoms with van der Waals surface area (Å²) in [5.74, 6) is 2.86. The Hall–Kier alpha value is -3.72. The lowest BCUT2D eigenvalue weighted by molar-refractivity contribution is 0.237. The number of carbonyl (C=O) groups excluding carboxylic acids is 1. The molecule has 2 N–H and O–H groups in total. The lowest BCUT2D eigenvalue weighted by Crippen LogP contribution is -2.45. The van der Waals surface area contributed by atoms with Gasteiger partial charge in [0, 0.05) is 12.1 Å². The molecule has 0 aromatic heterocycles. The van der Waals surface area contributed by atoms with E-state index in [0.29, 0.717) is 19.0 Å². The van der Waals surface area contributed by atoms with Crippen molar-refractivity contribution in [2.45, 2.75) is 75.6 Å². The second kappa shape index (κ2) is 15.3. The van der Waals surface area contributed by atoms with Crippen molar-refractivity contribution in [1.29, 1.82) is 0 Å². The van der Waals surface area contributed by atoms with Crippen molar-refractivity contribution in [3.05, 3.63) is 78.4 Å². The smallest absolute Gasteiger partial charge is 0.328 e. The first-order valence-electron chi connectivity index (χ1n) is 14.5. The van der Waals surface area contributed by atoms with Gasteiger partial charge < -0.3 is 19.5 Å². The molecule has 0 spiro atoms. The van der Waals surface area contributed by atoms with E-state index in [9.17, 15) is 13.2 Å². The van der Waals surface area contributed by atoms with Crippen LogP contribution in [0.3, 0.4) is 0 Å². The van der Waals surface area contributed by atoms with E-state index in [-0.39, 0.29) is 10.9 Å². The highest BCUT2D eigenvalue weighted by Crippen LogP contribution is 2.29. The molecule has 0 bridgehead atoms. The topological polar surface area (TPSA) is 103 Å². The summed E-state index contributed by atoms with van der Waals surface area (Å²) in [7, 11) is -4.00. The number of ether oxygens (including phenoxy) is 3. The average Bonchev–Trinajstić information content (AvgIpc) is 2.97. The number of hydrogen-bond acceptors (Lipinski definition) is 6. The van der Waals surface area contributed by atoms with E-state index >= 15 is 0 Å². The Morgan fingerprint density at radius 1 is 0.829 bits per heavy atom. The Morgan fingerprint density at radius 2 is 1.56 bits per heavy atom. The van der Waals surface area contributed by atoms with E-state index in [2.05, 4.69) is 17.0 Å². The first-order chi connectivity index (χ1) is 19.9. The van der Waals surface area contributed by atoms with E-state index in [1.807, 2.05) is 48.5 Å². The zero-order valence-electron chi connectivity index (χ0n) is 23.6. The van der Waals surface area contributed by atoms with Crippen LogP contribution < -0.4 is 24.2 Å². The molecule has 1 saturated carbocycles. The van der Waals surface area contributed by atoms with E-state index in [4.69, 9.17) is 14.2 Å². The van der Waals surface area contributed by atoms with Gasteiger partial charge in [0.2, 0.25) is 0 Å². The molecule has 3 aromatic rings. The minimum Gasteiger partial charge on any atom is -0.494 e. The van der Waals surface area contributed by atoms with Crippen LogP contribution in [-0.4, -0.2) is 33.7 Å². The molecule has 0 saturated heterocycles. The molecule has 3 aromatic carbocycles. The van der Waals surface area contributed by atoms with E-state index in [1.54, 1.807) is 12.1 Å². The molecule has 41 heavy (non-hydrogen) atoms. The number of urea groups is 1. The lowest BCUT2D eigenvalue weighted by Gasteiger charge is -2.22. The van der Waals surface area contributed by atoms with Crippen LogP contribution in [0.15, 0.2) is 77.7 Å². The van der Waals surface area contributed by atoms with Gasteiger partial charge in [-0.25, -0.2) is 17.9 Å². The second-order valence-electron chi connectivity index (χ2n) is 10.2. The quantitative estimate of drug-likeness (QED) is 0.199. The van der Waals surface area contributed by atoms with Crippen LogP contribution in [0, 0.1) is 0 Å².